The zero-order chi connectivity index (χ0) is 13.3. The Morgan fingerprint density at radius 2 is 2.20 bits per heavy atom. The second kappa shape index (κ2) is 5.91. The molecule has 108 valence electrons. The van der Waals surface area contributed by atoms with Crippen molar-refractivity contribution in [3.8, 4) is 11.5 Å². The maximum absolute atomic E-state index is 6.19. The van der Waals surface area contributed by atoms with Crippen LogP contribution in [0, 0.1) is 0 Å². The van der Waals surface area contributed by atoms with E-state index in [4.69, 9.17) is 15.0 Å². The molecule has 2 N–H and O–H groups in total. The predicted molar refractivity (Wildman–Crippen MR) is 77.4 cm³/mol. The van der Waals surface area contributed by atoms with Gasteiger partial charge in [-0.1, -0.05) is 17.3 Å². The minimum absolute atomic E-state index is 0. The third-order valence-corrected chi connectivity index (χ3v) is 3.60. The Kier molecular flexibility index (Phi) is 4.42. The summed E-state index contributed by atoms with van der Waals surface area (Å²) < 4.78 is 10.4. The number of halogens is 1. The van der Waals surface area contributed by atoms with Gasteiger partial charge in [-0.25, -0.2) is 0 Å². The van der Waals surface area contributed by atoms with Gasteiger partial charge >= 0.3 is 0 Å². The van der Waals surface area contributed by atoms with Gasteiger partial charge in [0.05, 0.1) is 12.1 Å². The zero-order valence-electron chi connectivity index (χ0n) is 11.3. The minimum atomic E-state index is -0.383. The standard InChI is InChI=1S/C14H17N3O2.ClH/c1-18-9-10-4-2-5-11(8-10)12-16-13(17-19-12)14(15)6-3-7-14;/h2,4-5,8H,3,6-7,9,15H2,1H3;1H. The van der Waals surface area contributed by atoms with E-state index < -0.39 is 0 Å². The molecule has 6 heteroatoms. The largest absolute Gasteiger partial charge is 0.380 e. The molecule has 0 unspecified atom stereocenters. The number of aromatic nitrogens is 2. The summed E-state index contributed by atoms with van der Waals surface area (Å²) in [5, 5.41) is 4.02. The van der Waals surface area contributed by atoms with Crippen LogP contribution in [0.5, 0.6) is 0 Å². The molecule has 0 saturated heterocycles. The topological polar surface area (TPSA) is 74.2 Å². The Balaban J connectivity index is 0.00000147. The highest BCUT2D eigenvalue weighted by molar-refractivity contribution is 5.85. The lowest BCUT2D eigenvalue weighted by atomic mass is 9.77. The maximum Gasteiger partial charge on any atom is 0.258 e. The van der Waals surface area contributed by atoms with Gasteiger partial charge in [-0.05, 0) is 37.0 Å². The molecule has 20 heavy (non-hydrogen) atoms. The van der Waals surface area contributed by atoms with E-state index in [1.165, 1.54) is 0 Å². The third-order valence-electron chi connectivity index (χ3n) is 3.60. The summed E-state index contributed by atoms with van der Waals surface area (Å²) in [7, 11) is 1.67. The lowest BCUT2D eigenvalue weighted by Crippen LogP contribution is -2.44. The van der Waals surface area contributed by atoms with Gasteiger partial charge in [0.2, 0.25) is 0 Å². The van der Waals surface area contributed by atoms with Crippen LogP contribution in [0.1, 0.15) is 30.7 Å². The quantitative estimate of drug-likeness (QED) is 0.938. The molecule has 0 aliphatic heterocycles. The van der Waals surface area contributed by atoms with Gasteiger partial charge in [0.15, 0.2) is 5.82 Å². The lowest BCUT2D eigenvalue weighted by molar-refractivity contribution is 0.185. The van der Waals surface area contributed by atoms with E-state index in [0.717, 1.165) is 30.4 Å². The zero-order valence-corrected chi connectivity index (χ0v) is 12.2. The van der Waals surface area contributed by atoms with E-state index in [0.29, 0.717) is 18.3 Å². The molecule has 1 saturated carbocycles. The van der Waals surface area contributed by atoms with Crippen molar-refractivity contribution in [2.24, 2.45) is 5.73 Å². The van der Waals surface area contributed by atoms with Crippen molar-refractivity contribution in [1.29, 1.82) is 0 Å². The van der Waals surface area contributed by atoms with Crippen LogP contribution in [-0.4, -0.2) is 17.3 Å². The van der Waals surface area contributed by atoms with Crippen molar-refractivity contribution in [1.82, 2.24) is 10.1 Å². The third kappa shape index (κ3) is 2.70. The fourth-order valence-electron chi connectivity index (χ4n) is 2.29. The van der Waals surface area contributed by atoms with Crippen LogP contribution in [0.2, 0.25) is 0 Å². The van der Waals surface area contributed by atoms with Crippen LogP contribution < -0.4 is 5.73 Å². The summed E-state index contributed by atoms with van der Waals surface area (Å²) in [6.07, 6.45) is 2.98. The number of hydrogen-bond donors (Lipinski definition) is 1. The smallest absolute Gasteiger partial charge is 0.258 e. The summed E-state index contributed by atoms with van der Waals surface area (Å²) in [6, 6.07) is 7.89. The number of hydrogen-bond acceptors (Lipinski definition) is 5. The molecule has 1 aromatic heterocycles. The van der Waals surface area contributed by atoms with Crippen molar-refractivity contribution < 1.29 is 9.26 Å². The molecule has 2 aromatic rings. The second-order valence-corrected chi connectivity index (χ2v) is 5.07. The first-order valence-electron chi connectivity index (χ1n) is 6.43. The molecule has 0 radical (unpaired) electrons. The number of benzene rings is 1. The monoisotopic (exact) mass is 295 g/mol. The first-order chi connectivity index (χ1) is 9.21. The van der Waals surface area contributed by atoms with Crippen LogP contribution in [-0.2, 0) is 16.9 Å². The summed E-state index contributed by atoms with van der Waals surface area (Å²) in [6.45, 7) is 0.565. The number of ether oxygens (including phenoxy) is 1. The second-order valence-electron chi connectivity index (χ2n) is 5.07. The van der Waals surface area contributed by atoms with Gasteiger partial charge in [-0.3, -0.25) is 0 Å². The molecular weight excluding hydrogens is 278 g/mol. The van der Waals surface area contributed by atoms with Gasteiger partial charge in [0.25, 0.3) is 5.89 Å². The van der Waals surface area contributed by atoms with Gasteiger partial charge in [0.1, 0.15) is 0 Å². The highest BCUT2D eigenvalue weighted by Gasteiger charge is 2.39. The summed E-state index contributed by atoms with van der Waals surface area (Å²) in [5.74, 6) is 1.13. The Morgan fingerprint density at radius 1 is 1.40 bits per heavy atom. The molecule has 5 nitrogen and oxygen atoms in total. The normalized spacial score (nSPS) is 16.3. The molecular formula is C14H18ClN3O2. The van der Waals surface area contributed by atoms with Crippen molar-refractivity contribution in [3.05, 3.63) is 35.7 Å². The van der Waals surface area contributed by atoms with Crippen molar-refractivity contribution in [2.75, 3.05) is 7.11 Å². The Morgan fingerprint density at radius 3 is 2.85 bits per heavy atom. The highest BCUT2D eigenvalue weighted by Crippen LogP contribution is 2.37. The molecule has 0 bridgehead atoms. The number of nitrogens with two attached hydrogens (primary N) is 1. The fourth-order valence-corrected chi connectivity index (χ4v) is 2.29. The number of rotatable bonds is 4. The van der Waals surface area contributed by atoms with E-state index in [9.17, 15) is 0 Å². The highest BCUT2D eigenvalue weighted by atomic mass is 35.5. The van der Waals surface area contributed by atoms with E-state index in [1.54, 1.807) is 7.11 Å². The van der Waals surface area contributed by atoms with Crippen molar-refractivity contribution in [2.45, 2.75) is 31.4 Å². The minimum Gasteiger partial charge on any atom is -0.380 e. The van der Waals surface area contributed by atoms with Gasteiger partial charge < -0.3 is 15.0 Å². The average molecular weight is 296 g/mol. The Bertz CT molecular complexity index is 581. The first-order valence-corrected chi connectivity index (χ1v) is 6.43. The first kappa shape index (κ1) is 15.0. The van der Waals surface area contributed by atoms with E-state index in [1.807, 2.05) is 24.3 Å². The van der Waals surface area contributed by atoms with Crippen LogP contribution in [0.25, 0.3) is 11.5 Å². The number of nitrogens with zero attached hydrogens (tertiary/aromatic N) is 2. The van der Waals surface area contributed by atoms with E-state index in [2.05, 4.69) is 10.1 Å². The summed E-state index contributed by atoms with van der Waals surface area (Å²) in [5.41, 5.74) is 7.78. The molecule has 0 spiro atoms. The van der Waals surface area contributed by atoms with E-state index >= 15 is 0 Å². The summed E-state index contributed by atoms with van der Waals surface area (Å²) >= 11 is 0. The Labute approximate surface area is 123 Å². The SMILES string of the molecule is COCc1cccc(-c2nc(C3(N)CCC3)no2)c1.Cl. The summed E-state index contributed by atoms with van der Waals surface area (Å²) in [4.78, 5) is 4.43. The van der Waals surface area contributed by atoms with Crippen molar-refractivity contribution >= 4 is 12.4 Å². The van der Waals surface area contributed by atoms with Crippen LogP contribution in [0.4, 0.5) is 0 Å². The van der Waals surface area contributed by atoms with Gasteiger partial charge in [0, 0.05) is 12.7 Å². The molecule has 0 amide bonds. The molecule has 1 aliphatic carbocycles. The van der Waals surface area contributed by atoms with Crippen LogP contribution in [0.15, 0.2) is 28.8 Å². The lowest BCUT2D eigenvalue weighted by Gasteiger charge is -2.34. The molecule has 3 rings (SSSR count). The molecule has 1 aromatic carbocycles. The average Bonchev–Trinajstić information content (AvgIpc) is 2.87. The van der Waals surface area contributed by atoms with Crippen molar-refractivity contribution in [3.63, 3.8) is 0 Å². The van der Waals surface area contributed by atoms with Crippen LogP contribution >= 0.6 is 12.4 Å². The molecule has 1 heterocycles. The maximum atomic E-state index is 6.19. The van der Waals surface area contributed by atoms with Gasteiger partial charge in [-0.15, -0.1) is 12.4 Å². The van der Waals surface area contributed by atoms with E-state index in [-0.39, 0.29) is 17.9 Å². The van der Waals surface area contributed by atoms with Gasteiger partial charge in [-0.2, -0.15) is 4.98 Å². The molecule has 1 fully saturated rings. The van der Waals surface area contributed by atoms with Crippen LogP contribution in [0.3, 0.4) is 0 Å². The molecule has 1 aliphatic rings. The number of methoxy groups -OCH3 is 1. The molecule has 0 atom stereocenters. The Hall–Kier alpha value is -1.43. The fraction of sp³-hybridized carbons (Fsp3) is 0.429. The predicted octanol–water partition coefficient (Wildman–Crippen LogP) is 2.64.